The van der Waals surface area contributed by atoms with Crippen LogP contribution in [0.1, 0.15) is 17.5 Å². The van der Waals surface area contributed by atoms with Gasteiger partial charge in [-0.25, -0.2) is 4.98 Å². The number of halogens is 1. The predicted molar refractivity (Wildman–Crippen MR) is 140 cm³/mol. The second-order valence-electron chi connectivity index (χ2n) is 8.01. The highest BCUT2D eigenvalue weighted by Crippen LogP contribution is 2.22. The Morgan fingerprint density at radius 2 is 1.81 bits per heavy atom. The number of anilines is 1. The number of nitrogens with one attached hydrogen (secondary N) is 1. The number of likely N-dealkylation sites (N-methyl/N-ethyl adjacent to an activating group) is 1. The Labute approximate surface area is 203 Å². The van der Waals surface area contributed by atoms with Gasteiger partial charge < -0.3 is 20.0 Å². The van der Waals surface area contributed by atoms with Crippen molar-refractivity contribution in [2.24, 2.45) is 4.99 Å². The monoisotopic (exact) mass is 532 g/mol. The fourth-order valence-electron chi connectivity index (χ4n) is 4.03. The van der Waals surface area contributed by atoms with E-state index in [1.54, 1.807) is 0 Å². The van der Waals surface area contributed by atoms with E-state index in [1.165, 1.54) is 16.7 Å². The Bertz CT molecular complexity index is 873. The molecule has 0 bridgehead atoms. The van der Waals surface area contributed by atoms with E-state index in [-0.39, 0.29) is 24.0 Å². The molecule has 0 unspecified atom stereocenters. The van der Waals surface area contributed by atoms with Gasteiger partial charge in [0.2, 0.25) is 0 Å². The van der Waals surface area contributed by atoms with Crippen LogP contribution in [-0.2, 0) is 6.54 Å². The van der Waals surface area contributed by atoms with Crippen molar-refractivity contribution in [1.29, 1.82) is 0 Å². The van der Waals surface area contributed by atoms with E-state index in [4.69, 9.17) is 4.98 Å². The molecule has 0 radical (unpaired) electrons. The van der Waals surface area contributed by atoms with Crippen molar-refractivity contribution in [3.8, 4) is 0 Å². The minimum Gasteiger partial charge on any atom is -0.354 e. The molecule has 3 heterocycles. The van der Waals surface area contributed by atoms with Gasteiger partial charge in [0.25, 0.3) is 0 Å². The van der Waals surface area contributed by atoms with Crippen molar-refractivity contribution in [3.05, 3.63) is 65.9 Å². The number of pyridine rings is 1. The lowest BCUT2D eigenvalue weighted by atomic mass is 10.00. The summed E-state index contributed by atoms with van der Waals surface area (Å²) in [6.07, 6.45) is 5.33. The van der Waals surface area contributed by atoms with Crippen LogP contribution in [0.2, 0.25) is 0 Å². The largest absolute Gasteiger partial charge is 0.354 e. The van der Waals surface area contributed by atoms with E-state index < -0.39 is 0 Å². The molecule has 0 atom stereocenters. The second kappa shape index (κ2) is 11.5. The van der Waals surface area contributed by atoms with Gasteiger partial charge in [0, 0.05) is 59.1 Å². The molecule has 0 amide bonds. The second-order valence-corrected chi connectivity index (χ2v) is 8.01. The first-order valence-corrected chi connectivity index (χ1v) is 10.8. The summed E-state index contributed by atoms with van der Waals surface area (Å²) in [5.41, 5.74) is 3.92. The molecule has 2 aliphatic rings. The van der Waals surface area contributed by atoms with Crippen LogP contribution in [0.4, 0.5) is 5.82 Å². The zero-order valence-electron chi connectivity index (χ0n) is 18.5. The molecule has 1 N–H and O–H groups in total. The van der Waals surface area contributed by atoms with Gasteiger partial charge in [-0.15, -0.1) is 24.0 Å². The zero-order valence-corrected chi connectivity index (χ0v) is 20.8. The Morgan fingerprint density at radius 3 is 2.42 bits per heavy atom. The first-order valence-electron chi connectivity index (χ1n) is 10.8. The van der Waals surface area contributed by atoms with E-state index in [0.29, 0.717) is 0 Å². The summed E-state index contributed by atoms with van der Waals surface area (Å²) in [5, 5.41) is 3.50. The lowest BCUT2D eigenvalue weighted by Crippen LogP contribution is -2.44. The Hall–Kier alpha value is -2.13. The van der Waals surface area contributed by atoms with Crippen molar-refractivity contribution >= 4 is 41.3 Å². The van der Waals surface area contributed by atoms with Gasteiger partial charge in [-0.3, -0.25) is 4.99 Å². The first kappa shape index (κ1) is 23.5. The molecule has 31 heavy (non-hydrogen) atoms. The van der Waals surface area contributed by atoms with Crippen LogP contribution < -0.4 is 10.2 Å². The lowest BCUT2D eigenvalue weighted by molar-refractivity contribution is 0.312. The van der Waals surface area contributed by atoms with Crippen molar-refractivity contribution < 1.29 is 0 Å². The third-order valence-corrected chi connectivity index (χ3v) is 5.95. The van der Waals surface area contributed by atoms with Gasteiger partial charge in [0.1, 0.15) is 5.82 Å². The fourth-order valence-corrected chi connectivity index (χ4v) is 4.03. The maximum Gasteiger partial charge on any atom is 0.194 e. The molecule has 1 aromatic carbocycles. The van der Waals surface area contributed by atoms with Gasteiger partial charge in [0.05, 0.1) is 0 Å². The molecule has 0 spiro atoms. The summed E-state index contributed by atoms with van der Waals surface area (Å²) in [6, 6.07) is 15.0. The van der Waals surface area contributed by atoms with Crippen molar-refractivity contribution in [3.63, 3.8) is 0 Å². The number of rotatable bonds is 4. The van der Waals surface area contributed by atoms with Crippen molar-refractivity contribution in [2.75, 3.05) is 58.3 Å². The van der Waals surface area contributed by atoms with Crippen LogP contribution in [0.3, 0.4) is 0 Å². The number of guanidine groups is 1. The molecular formula is C24H33IN6. The molecule has 0 aliphatic carbocycles. The fraction of sp³-hybridized carbons (Fsp3) is 0.417. The maximum absolute atomic E-state index is 4.69. The third-order valence-electron chi connectivity index (χ3n) is 5.95. The highest BCUT2D eigenvalue weighted by atomic mass is 127. The van der Waals surface area contributed by atoms with E-state index in [1.807, 2.05) is 13.2 Å². The highest BCUT2D eigenvalue weighted by Gasteiger charge is 2.17. The molecule has 0 saturated carbocycles. The highest BCUT2D eigenvalue weighted by molar-refractivity contribution is 14.0. The minimum absolute atomic E-state index is 0. The van der Waals surface area contributed by atoms with Gasteiger partial charge in [-0.1, -0.05) is 42.5 Å². The van der Waals surface area contributed by atoms with Crippen molar-refractivity contribution in [1.82, 2.24) is 20.1 Å². The molecule has 166 valence electrons. The first-order chi connectivity index (χ1) is 14.7. The number of hydrogen-bond donors (Lipinski definition) is 1. The molecule has 1 fully saturated rings. The summed E-state index contributed by atoms with van der Waals surface area (Å²) >= 11 is 0. The van der Waals surface area contributed by atoms with E-state index >= 15 is 0 Å². The molecule has 1 saturated heterocycles. The van der Waals surface area contributed by atoms with Gasteiger partial charge >= 0.3 is 0 Å². The number of piperazine rings is 1. The molecule has 1 aromatic heterocycles. The predicted octanol–water partition coefficient (Wildman–Crippen LogP) is 3.32. The van der Waals surface area contributed by atoms with Crippen LogP contribution in [-0.4, -0.2) is 74.1 Å². The topological polar surface area (TPSA) is 47.0 Å². The zero-order chi connectivity index (χ0) is 20.8. The number of aliphatic imine (C=N–C) groups is 1. The average Bonchev–Trinajstić information content (AvgIpc) is 2.81. The SMILES string of the molecule is CN=C(NCc1ccc(N2CCN(C)CC2)nc1)N1CC=C(c2ccccc2)CC1.I. The number of benzene rings is 1. The molecule has 7 heteroatoms. The number of hydrogen-bond acceptors (Lipinski definition) is 4. The van der Waals surface area contributed by atoms with Crippen LogP contribution in [0.5, 0.6) is 0 Å². The Morgan fingerprint density at radius 1 is 1.03 bits per heavy atom. The molecule has 2 aliphatic heterocycles. The lowest BCUT2D eigenvalue weighted by Gasteiger charge is -2.33. The number of aromatic nitrogens is 1. The standard InChI is InChI=1S/C24H32N6.HI/c1-25-24(30-12-10-22(11-13-30)21-6-4-3-5-7-21)27-19-20-8-9-23(26-18-20)29-16-14-28(2)15-17-29;/h3-10,18H,11-17,19H2,1-2H3,(H,25,27);1H. The average molecular weight is 532 g/mol. The number of nitrogens with zero attached hydrogens (tertiary/aromatic N) is 5. The summed E-state index contributed by atoms with van der Waals surface area (Å²) in [6.45, 7) is 6.86. The van der Waals surface area contributed by atoms with Gasteiger partial charge in [0.15, 0.2) is 5.96 Å². The third kappa shape index (κ3) is 6.20. The van der Waals surface area contributed by atoms with Gasteiger partial charge in [-0.2, -0.15) is 0 Å². The summed E-state index contributed by atoms with van der Waals surface area (Å²) in [4.78, 5) is 16.2. The van der Waals surface area contributed by atoms with Crippen LogP contribution >= 0.6 is 24.0 Å². The minimum atomic E-state index is 0. The van der Waals surface area contributed by atoms with E-state index in [2.05, 4.69) is 80.6 Å². The van der Waals surface area contributed by atoms with E-state index in [9.17, 15) is 0 Å². The van der Waals surface area contributed by atoms with Crippen LogP contribution in [0.25, 0.3) is 5.57 Å². The molecular weight excluding hydrogens is 499 g/mol. The van der Waals surface area contributed by atoms with E-state index in [0.717, 1.165) is 64.0 Å². The molecule has 2 aromatic rings. The van der Waals surface area contributed by atoms with Crippen LogP contribution in [0.15, 0.2) is 59.7 Å². The summed E-state index contributed by atoms with van der Waals surface area (Å²) < 4.78 is 0. The summed E-state index contributed by atoms with van der Waals surface area (Å²) in [7, 11) is 4.03. The normalized spacial score (nSPS) is 17.7. The Balaban J connectivity index is 0.00000272. The summed E-state index contributed by atoms with van der Waals surface area (Å²) in [5.74, 6) is 2.02. The quantitative estimate of drug-likeness (QED) is 0.372. The van der Waals surface area contributed by atoms with Crippen molar-refractivity contribution in [2.45, 2.75) is 13.0 Å². The smallest absolute Gasteiger partial charge is 0.194 e. The van der Waals surface area contributed by atoms with Crippen LogP contribution in [0, 0.1) is 0 Å². The molecule has 4 rings (SSSR count). The van der Waals surface area contributed by atoms with Gasteiger partial charge in [-0.05, 0) is 36.2 Å². The maximum atomic E-state index is 4.69. The molecule has 6 nitrogen and oxygen atoms in total. The Kier molecular flexibility index (Phi) is 8.71.